The Balaban J connectivity index is 1.07. The van der Waals surface area contributed by atoms with E-state index >= 15 is 0 Å². The van der Waals surface area contributed by atoms with Crippen molar-refractivity contribution in [1.82, 2.24) is 24.7 Å². The van der Waals surface area contributed by atoms with Crippen LogP contribution >= 0.6 is 11.3 Å². The number of para-hydroxylation sites is 2. The molecule has 2 bridgehead atoms. The zero-order valence-corrected chi connectivity index (χ0v) is 31.4. The van der Waals surface area contributed by atoms with Crippen LogP contribution in [0.2, 0.25) is 0 Å². The predicted octanol–water partition coefficient (Wildman–Crippen LogP) is 9.87. The second-order valence-electron chi connectivity index (χ2n) is 16.6. The van der Waals surface area contributed by atoms with Crippen molar-refractivity contribution in [3.8, 4) is 22.5 Å². The predicted molar refractivity (Wildman–Crippen MR) is 208 cm³/mol. The molecule has 2 fully saturated rings. The summed E-state index contributed by atoms with van der Waals surface area (Å²) >= 11 is 1.41. The number of hydrogen-bond donors (Lipinski definition) is 3. The first kappa shape index (κ1) is 34.8. The van der Waals surface area contributed by atoms with Crippen LogP contribution < -0.4 is 5.32 Å². The van der Waals surface area contributed by atoms with E-state index < -0.39 is 11.5 Å². The molecular weight excluding hydrogens is 687 g/mol. The molecule has 4 atom stereocenters. The lowest BCUT2D eigenvalue weighted by Gasteiger charge is -2.59. The number of anilines is 1. The average molecular weight is 730 g/mol. The number of aromatic nitrogens is 5. The van der Waals surface area contributed by atoms with Crippen LogP contribution in [0.15, 0.2) is 72.0 Å². The molecule has 272 valence electrons. The summed E-state index contributed by atoms with van der Waals surface area (Å²) < 4.78 is 2.93. The largest absolute Gasteiger partial charge is 0.476 e. The number of thiazole rings is 1. The lowest BCUT2D eigenvalue weighted by atomic mass is 9.46. The van der Waals surface area contributed by atoms with Gasteiger partial charge in [-0.05, 0) is 91.7 Å². The van der Waals surface area contributed by atoms with Crippen molar-refractivity contribution < 1.29 is 14.7 Å². The Kier molecular flexibility index (Phi) is 8.17. The number of hydrogen-bond acceptors (Lipinski definition) is 8. The number of benzene rings is 2. The first-order valence-electron chi connectivity index (χ1n) is 18.1. The molecule has 2 aliphatic carbocycles. The first-order chi connectivity index (χ1) is 25.2. The van der Waals surface area contributed by atoms with E-state index in [1.807, 2.05) is 54.1 Å². The van der Waals surface area contributed by atoms with Crippen LogP contribution in [0.25, 0.3) is 43.6 Å². The van der Waals surface area contributed by atoms with Gasteiger partial charge in [0.2, 0.25) is 0 Å². The minimum Gasteiger partial charge on any atom is -0.476 e. The highest BCUT2D eigenvalue weighted by Crippen LogP contribution is 2.64. The molecule has 1 amide bonds. The Bertz CT molecular complexity index is 2420. The Hall–Kier alpha value is -5.23. The van der Waals surface area contributed by atoms with Gasteiger partial charge in [0.25, 0.3) is 5.91 Å². The molecule has 4 heterocycles. The molecule has 6 aromatic rings. The number of amides is 1. The minimum absolute atomic E-state index is 0.00757. The molecular formula is C41H43N7O4S. The Morgan fingerprint density at radius 2 is 1.74 bits per heavy atom. The molecule has 8 rings (SSSR count). The van der Waals surface area contributed by atoms with Crippen molar-refractivity contribution in [3.63, 3.8) is 0 Å². The maximum Gasteiger partial charge on any atom is 0.355 e. The summed E-state index contributed by atoms with van der Waals surface area (Å²) in [5.74, 6) is -1.46. The number of nitroso groups, excluding NO2 is 1. The summed E-state index contributed by atoms with van der Waals surface area (Å²) in [7, 11) is 0. The number of aromatic amines is 1. The number of pyridine rings is 1. The van der Waals surface area contributed by atoms with Gasteiger partial charge in [-0.15, -0.1) is 0 Å². The van der Waals surface area contributed by atoms with Gasteiger partial charge in [-0.2, -0.15) is 10.0 Å². The molecule has 0 saturated heterocycles. The molecule has 4 aromatic heterocycles. The standard InChI is InChI=1S/C41H43N7O4S/c1-6-38(3)18-39(4)19-40(5,22-41(20-38,21-39)47-52)23-48-24(2)28(17-42-48)26-14-15-29(43-34(26)36(50)51)31-16-25-10-9-11-27(33(25)44-31)35(49)46-37-45-30-12-7-8-13-32(30)53-37/h7-17,44H,6,18-23H2,1-5H3,(H,50,51)(H,45,46,49). The van der Waals surface area contributed by atoms with Crippen LogP contribution in [-0.4, -0.2) is 47.3 Å². The van der Waals surface area contributed by atoms with E-state index in [1.54, 1.807) is 24.4 Å². The normalized spacial score (nSPS) is 25.5. The third-order valence-corrected chi connectivity index (χ3v) is 12.7. The van der Waals surface area contributed by atoms with Crippen molar-refractivity contribution in [2.45, 2.75) is 85.2 Å². The summed E-state index contributed by atoms with van der Waals surface area (Å²) in [6.45, 7) is 11.6. The molecule has 2 saturated carbocycles. The third kappa shape index (κ3) is 6.22. The third-order valence-electron chi connectivity index (χ3n) is 11.7. The maximum absolute atomic E-state index is 13.4. The van der Waals surface area contributed by atoms with Gasteiger partial charge < -0.3 is 10.1 Å². The molecule has 0 spiro atoms. The number of nitrogens with one attached hydrogen (secondary N) is 2. The fraction of sp³-hybridized carbons (Fsp3) is 0.390. The molecule has 53 heavy (non-hydrogen) atoms. The number of carbonyl (C=O) groups is 2. The van der Waals surface area contributed by atoms with Crippen LogP contribution in [0.1, 0.15) is 92.8 Å². The van der Waals surface area contributed by atoms with Gasteiger partial charge in [0.05, 0.1) is 38.9 Å². The summed E-state index contributed by atoms with van der Waals surface area (Å²) in [5, 5.41) is 23.2. The van der Waals surface area contributed by atoms with E-state index in [1.165, 1.54) is 11.3 Å². The molecule has 3 N–H and O–H groups in total. The monoisotopic (exact) mass is 729 g/mol. The quantitative estimate of drug-likeness (QED) is 0.125. The van der Waals surface area contributed by atoms with Crippen molar-refractivity contribution in [2.75, 3.05) is 5.32 Å². The van der Waals surface area contributed by atoms with Crippen LogP contribution in [0, 0.1) is 28.1 Å². The lowest BCUT2D eigenvalue weighted by Crippen LogP contribution is -2.55. The van der Waals surface area contributed by atoms with Crippen molar-refractivity contribution in [3.05, 3.63) is 88.7 Å². The molecule has 2 aliphatic rings. The van der Waals surface area contributed by atoms with Gasteiger partial charge in [-0.1, -0.05) is 74.9 Å². The van der Waals surface area contributed by atoms with Gasteiger partial charge in [-0.25, -0.2) is 14.8 Å². The number of H-pyrrole nitrogens is 1. The molecule has 2 aromatic carbocycles. The highest BCUT2D eigenvalue weighted by atomic mass is 32.1. The molecule has 12 heteroatoms. The Labute approximate surface area is 311 Å². The Morgan fingerprint density at radius 1 is 0.962 bits per heavy atom. The van der Waals surface area contributed by atoms with Crippen LogP contribution in [0.4, 0.5) is 5.13 Å². The van der Waals surface area contributed by atoms with E-state index in [-0.39, 0.29) is 27.8 Å². The van der Waals surface area contributed by atoms with Crippen molar-refractivity contribution in [2.24, 2.45) is 21.4 Å². The summed E-state index contributed by atoms with van der Waals surface area (Å²) in [5.41, 5.74) is 4.11. The number of rotatable bonds is 9. The number of carboxylic acids is 1. The highest BCUT2D eigenvalue weighted by Gasteiger charge is 2.59. The maximum atomic E-state index is 13.4. The summed E-state index contributed by atoms with van der Waals surface area (Å²) in [4.78, 5) is 51.1. The summed E-state index contributed by atoms with van der Waals surface area (Å²) in [6, 6.07) is 18.6. The van der Waals surface area contributed by atoms with Crippen molar-refractivity contribution in [1.29, 1.82) is 0 Å². The van der Waals surface area contributed by atoms with E-state index in [0.29, 0.717) is 51.7 Å². The van der Waals surface area contributed by atoms with Gasteiger partial charge >= 0.3 is 5.97 Å². The lowest BCUT2D eigenvalue weighted by molar-refractivity contribution is -0.0753. The Morgan fingerprint density at radius 3 is 2.49 bits per heavy atom. The summed E-state index contributed by atoms with van der Waals surface area (Å²) in [6.07, 6.45) is 7.12. The second-order valence-corrected chi connectivity index (χ2v) is 17.6. The van der Waals surface area contributed by atoms with Gasteiger partial charge in [-0.3, -0.25) is 14.8 Å². The molecule has 0 radical (unpaired) electrons. The number of carbonyl (C=O) groups excluding carboxylic acids is 1. The first-order valence-corrected chi connectivity index (χ1v) is 19.0. The smallest absolute Gasteiger partial charge is 0.355 e. The zero-order chi connectivity index (χ0) is 37.3. The fourth-order valence-electron chi connectivity index (χ4n) is 10.2. The zero-order valence-electron chi connectivity index (χ0n) is 30.6. The molecule has 0 aliphatic heterocycles. The number of carboxylic acid groups (broad SMARTS) is 1. The fourth-order valence-corrected chi connectivity index (χ4v) is 11.1. The average Bonchev–Trinajstić information content (AvgIpc) is 3.83. The van der Waals surface area contributed by atoms with Crippen LogP contribution in [-0.2, 0) is 6.54 Å². The molecule has 11 nitrogen and oxygen atoms in total. The minimum atomic E-state index is -1.15. The van der Waals surface area contributed by atoms with E-state index in [9.17, 15) is 19.6 Å². The SMILES string of the molecule is CCC1(C)CC2(C)CC(C)(Cn3ncc(-c4ccc(-c5cc6cccc(C(=O)Nc7nc8ccccc8s7)c6[nH]5)nc4C(=O)O)c3C)CC(N=O)(C1)C2. The van der Waals surface area contributed by atoms with Crippen LogP contribution in [0.5, 0.6) is 0 Å². The second kappa shape index (κ2) is 12.4. The number of aromatic carboxylic acids is 1. The van der Waals surface area contributed by atoms with Gasteiger partial charge in [0.1, 0.15) is 5.54 Å². The van der Waals surface area contributed by atoms with Gasteiger partial charge in [0, 0.05) is 28.8 Å². The number of fused-ring (bicyclic) bond motifs is 4. The van der Waals surface area contributed by atoms with E-state index in [2.05, 4.69) is 53.1 Å². The molecule has 4 unspecified atom stereocenters. The topological polar surface area (TPSA) is 155 Å². The number of nitrogens with zero attached hydrogens (tertiary/aromatic N) is 5. The van der Waals surface area contributed by atoms with E-state index in [0.717, 1.165) is 53.4 Å². The van der Waals surface area contributed by atoms with Gasteiger partial charge in [0.15, 0.2) is 10.8 Å². The van der Waals surface area contributed by atoms with Crippen LogP contribution in [0.3, 0.4) is 0 Å². The highest BCUT2D eigenvalue weighted by molar-refractivity contribution is 7.22. The van der Waals surface area contributed by atoms with Crippen molar-refractivity contribution >= 4 is 49.5 Å². The van der Waals surface area contributed by atoms with E-state index in [4.69, 9.17) is 5.10 Å².